The average Bonchev–Trinajstić information content (AvgIpc) is 2.45. The predicted molar refractivity (Wildman–Crippen MR) is 71.1 cm³/mol. The Bertz CT molecular complexity index is 445. The fraction of sp³-hybridized carbons (Fsp3) is 0.538. The van der Waals surface area contributed by atoms with Gasteiger partial charge in [-0.3, -0.25) is 9.78 Å². The monoisotopic (exact) mass is 265 g/mol. The SMILES string of the molecule is CNC(=O)c1cc(NCC2(O)CCOCC2)ccn1. The average molecular weight is 265 g/mol. The molecule has 2 heterocycles. The van der Waals surface area contributed by atoms with Crippen LogP contribution in [0.15, 0.2) is 18.3 Å². The van der Waals surface area contributed by atoms with Crippen LogP contribution < -0.4 is 10.6 Å². The van der Waals surface area contributed by atoms with Crippen molar-refractivity contribution in [3.63, 3.8) is 0 Å². The molecule has 0 unspecified atom stereocenters. The van der Waals surface area contributed by atoms with Crippen molar-refractivity contribution in [2.24, 2.45) is 0 Å². The Balaban J connectivity index is 1.97. The Labute approximate surface area is 112 Å². The Morgan fingerprint density at radius 2 is 2.26 bits per heavy atom. The molecule has 1 aliphatic rings. The summed E-state index contributed by atoms with van der Waals surface area (Å²) in [5.74, 6) is -0.228. The number of amides is 1. The van der Waals surface area contributed by atoms with Gasteiger partial charge in [0.25, 0.3) is 5.91 Å². The third-order valence-electron chi connectivity index (χ3n) is 3.26. The van der Waals surface area contributed by atoms with Crippen LogP contribution in [0.2, 0.25) is 0 Å². The number of aliphatic hydroxyl groups is 1. The largest absolute Gasteiger partial charge is 0.388 e. The molecule has 0 aromatic carbocycles. The molecule has 1 fully saturated rings. The highest BCUT2D eigenvalue weighted by atomic mass is 16.5. The van der Waals surface area contributed by atoms with Gasteiger partial charge in [-0.2, -0.15) is 0 Å². The molecule has 0 spiro atoms. The highest BCUT2D eigenvalue weighted by Crippen LogP contribution is 2.21. The smallest absolute Gasteiger partial charge is 0.269 e. The first-order chi connectivity index (χ1) is 9.13. The number of pyridine rings is 1. The Hall–Kier alpha value is -1.66. The zero-order valence-electron chi connectivity index (χ0n) is 11.0. The molecule has 1 aromatic heterocycles. The number of carbonyl (C=O) groups is 1. The van der Waals surface area contributed by atoms with Gasteiger partial charge in [-0.05, 0) is 12.1 Å². The van der Waals surface area contributed by atoms with Gasteiger partial charge in [-0.25, -0.2) is 0 Å². The van der Waals surface area contributed by atoms with Crippen molar-refractivity contribution in [1.29, 1.82) is 0 Å². The van der Waals surface area contributed by atoms with Crippen molar-refractivity contribution in [2.75, 3.05) is 32.1 Å². The summed E-state index contributed by atoms with van der Waals surface area (Å²) in [6.07, 6.45) is 2.81. The minimum atomic E-state index is -0.741. The van der Waals surface area contributed by atoms with Gasteiger partial charge in [0.1, 0.15) is 5.69 Å². The Morgan fingerprint density at radius 3 is 2.95 bits per heavy atom. The molecule has 0 radical (unpaired) electrons. The predicted octanol–water partition coefficient (Wildman–Crippen LogP) is 0.395. The summed E-state index contributed by atoms with van der Waals surface area (Å²) in [5, 5.41) is 16.0. The molecule has 1 aromatic rings. The topological polar surface area (TPSA) is 83.5 Å². The van der Waals surface area contributed by atoms with Gasteiger partial charge < -0.3 is 20.5 Å². The summed E-state index contributed by atoms with van der Waals surface area (Å²) in [6, 6.07) is 3.44. The van der Waals surface area contributed by atoms with Gasteiger partial charge in [0.05, 0.1) is 5.60 Å². The van der Waals surface area contributed by atoms with Crippen molar-refractivity contribution in [2.45, 2.75) is 18.4 Å². The lowest BCUT2D eigenvalue weighted by Gasteiger charge is -2.32. The summed E-state index contributed by atoms with van der Waals surface area (Å²) < 4.78 is 5.23. The van der Waals surface area contributed by atoms with E-state index in [9.17, 15) is 9.90 Å². The maximum atomic E-state index is 11.5. The molecule has 0 aliphatic carbocycles. The quantitative estimate of drug-likeness (QED) is 0.733. The van der Waals surface area contributed by atoms with E-state index in [-0.39, 0.29) is 5.91 Å². The standard InChI is InChI=1S/C13H19N3O3/c1-14-12(17)11-8-10(2-5-15-11)16-9-13(18)3-6-19-7-4-13/h2,5,8,18H,3-4,6-7,9H2,1H3,(H,14,17)(H,15,16). The van der Waals surface area contributed by atoms with Crippen LogP contribution in [0, 0.1) is 0 Å². The van der Waals surface area contributed by atoms with E-state index in [1.807, 2.05) is 0 Å². The van der Waals surface area contributed by atoms with Gasteiger partial charge in [0, 0.05) is 51.5 Å². The number of nitrogens with one attached hydrogen (secondary N) is 2. The normalized spacial score (nSPS) is 17.8. The van der Waals surface area contributed by atoms with Crippen LogP contribution in [0.5, 0.6) is 0 Å². The van der Waals surface area contributed by atoms with Crippen LogP contribution in [0.1, 0.15) is 23.3 Å². The van der Waals surface area contributed by atoms with Crippen LogP contribution in [-0.4, -0.2) is 48.4 Å². The van der Waals surface area contributed by atoms with Gasteiger partial charge in [-0.1, -0.05) is 0 Å². The highest BCUT2D eigenvalue weighted by Gasteiger charge is 2.29. The van der Waals surface area contributed by atoms with Crippen LogP contribution in [0.3, 0.4) is 0 Å². The van der Waals surface area contributed by atoms with Gasteiger partial charge in [0.2, 0.25) is 0 Å². The van der Waals surface area contributed by atoms with Crippen LogP contribution in [-0.2, 0) is 4.74 Å². The Kier molecular flexibility index (Phi) is 4.34. The fourth-order valence-corrected chi connectivity index (χ4v) is 1.99. The number of nitrogens with zero attached hydrogens (tertiary/aromatic N) is 1. The number of aromatic nitrogens is 1. The molecule has 0 atom stereocenters. The summed E-state index contributed by atoms with van der Waals surface area (Å²) in [5.41, 5.74) is 0.384. The van der Waals surface area contributed by atoms with Crippen molar-refractivity contribution in [3.8, 4) is 0 Å². The molecular weight excluding hydrogens is 246 g/mol. The van der Waals surface area contributed by atoms with Gasteiger partial charge >= 0.3 is 0 Å². The number of hydrogen-bond donors (Lipinski definition) is 3. The van der Waals surface area contributed by atoms with E-state index in [0.717, 1.165) is 5.69 Å². The van der Waals surface area contributed by atoms with Crippen molar-refractivity contribution >= 4 is 11.6 Å². The van der Waals surface area contributed by atoms with E-state index < -0.39 is 5.60 Å². The molecule has 104 valence electrons. The third kappa shape index (κ3) is 3.65. The first-order valence-electron chi connectivity index (χ1n) is 6.35. The van der Waals surface area contributed by atoms with Gasteiger partial charge in [-0.15, -0.1) is 0 Å². The second kappa shape index (κ2) is 5.99. The van der Waals surface area contributed by atoms with Gasteiger partial charge in [0.15, 0.2) is 0 Å². The second-order valence-corrected chi connectivity index (χ2v) is 4.70. The molecule has 2 rings (SSSR count). The van der Waals surface area contributed by atoms with E-state index >= 15 is 0 Å². The summed E-state index contributed by atoms with van der Waals surface area (Å²) in [6.45, 7) is 1.60. The van der Waals surface area contributed by atoms with Crippen LogP contribution >= 0.6 is 0 Å². The molecule has 0 saturated carbocycles. The summed E-state index contributed by atoms with van der Waals surface area (Å²) in [7, 11) is 1.56. The molecule has 1 aliphatic heterocycles. The van der Waals surface area contributed by atoms with E-state index in [4.69, 9.17) is 4.74 Å². The molecule has 1 saturated heterocycles. The Morgan fingerprint density at radius 1 is 1.53 bits per heavy atom. The molecular formula is C13H19N3O3. The molecule has 1 amide bonds. The summed E-state index contributed by atoms with van der Waals surface area (Å²) >= 11 is 0. The van der Waals surface area contributed by atoms with Crippen molar-refractivity contribution in [1.82, 2.24) is 10.3 Å². The minimum Gasteiger partial charge on any atom is -0.388 e. The lowest BCUT2D eigenvalue weighted by Crippen LogP contribution is -2.42. The number of ether oxygens (including phenoxy) is 1. The van der Waals surface area contributed by atoms with E-state index in [1.54, 1.807) is 25.4 Å². The van der Waals surface area contributed by atoms with E-state index in [2.05, 4.69) is 15.6 Å². The van der Waals surface area contributed by atoms with Crippen LogP contribution in [0.4, 0.5) is 5.69 Å². The van der Waals surface area contributed by atoms with Crippen molar-refractivity contribution < 1.29 is 14.6 Å². The number of rotatable bonds is 4. The number of carbonyl (C=O) groups excluding carboxylic acids is 1. The lowest BCUT2D eigenvalue weighted by molar-refractivity contribution is -0.0543. The maximum absolute atomic E-state index is 11.5. The van der Waals surface area contributed by atoms with E-state index in [0.29, 0.717) is 38.3 Å². The third-order valence-corrected chi connectivity index (χ3v) is 3.26. The molecule has 19 heavy (non-hydrogen) atoms. The number of hydrogen-bond acceptors (Lipinski definition) is 5. The molecule has 6 nitrogen and oxygen atoms in total. The first kappa shape index (κ1) is 13.8. The minimum absolute atomic E-state index is 0.228. The number of anilines is 1. The van der Waals surface area contributed by atoms with Crippen LogP contribution in [0.25, 0.3) is 0 Å². The maximum Gasteiger partial charge on any atom is 0.269 e. The van der Waals surface area contributed by atoms with Crippen molar-refractivity contribution in [3.05, 3.63) is 24.0 Å². The molecule has 3 N–H and O–H groups in total. The summed E-state index contributed by atoms with van der Waals surface area (Å²) in [4.78, 5) is 15.5. The lowest BCUT2D eigenvalue weighted by atomic mass is 9.94. The second-order valence-electron chi connectivity index (χ2n) is 4.70. The molecule has 6 heteroatoms. The first-order valence-corrected chi connectivity index (χ1v) is 6.35. The molecule has 0 bridgehead atoms. The highest BCUT2D eigenvalue weighted by molar-refractivity contribution is 5.92. The van der Waals surface area contributed by atoms with E-state index in [1.165, 1.54) is 0 Å². The zero-order valence-corrected chi connectivity index (χ0v) is 11.0. The fourth-order valence-electron chi connectivity index (χ4n) is 1.99. The zero-order chi connectivity index (χ0) is 13.7.